The Kier molecular flexibility index (Phi) is 4.98. The van der Waals surface area contributed by atoms with Gasteiger partial charge in [0.05, 0.1) is 11.0 Å². The first-order valence-electron chi connectivity index (χ1n) is 9.68. The summed E-state index contributed by atoms with van der Waals surface area (Å²) < 4.78 is 13.5. The standard InChI is InChI=1S/C21H21FN4O4/c1-11-9-15(24-17-16(11)19(28)26-20(29)25-17)18(27)23-14-5-7-21(30,8-6-14)12-3-2-4-13(22)10-12/h2-4,9-10,14,30H,5-8H2,1H3,(H,23,27)(H2,24,25,26,28,29). The maximum atomic E-state index is 13.5. The molecule has 9 heteroatoms. The molecule has 30 heavy (non-hydrogen) atoms. The number of halogens is 1. The average Bonchev–Trinajstić information content (AvgIpc) is 2.69. The fourth-order valence-corrected chi connectivity index (χ4v) is 4.04. The number of benzene rings is 1. The van der Waals surface area contributed by atoms with Crippen molar-refractivity contribution in [2.24, 2.45) is 0 Å². The number of hydrogen-bond acceptors (Lipinski definition) is 5. The fourth-order valence-electron chi connectivity index (χ4n) is 4.04. The number of fused-ring (bicyclic) bond motifs is 1. The molecule has 3 aromatic rings. The van der Waals surface area contributed by atoms with Gasteiger partial charge in [-0.15, -0.1) is 0 Å². The highest BCUT2D eigenvalue weighted by Gasteiger charge is 2.35. The summed E-state index contributed by atoms with van der Waals surface area (Å²) >= 11 is 0. The van der Waals surface area contributed by atoms with E-state index in [2.05, 4.69) is 20.3 Å². The van der Waals surface area contributed by atoms with Crippen molar-refractivity contribution in [2.45, 2.75) is 44.2 Å². The highest BCUT2D eigenvalue weighted by atomic mass is 19.1. The molecule has 1 amide bonds. The van der Waals surface area contributed by atoms with Crippen molar-refractivity contribution in [1.82, 2.24) is 20.3 Å². The van der Waals surface area contributed by atoms with E-state index in [1.807, 2.05) is 0 Å². The predicted octanol–water partition coefficient (Wildman–Crippen LogP) is 1.62. The van der Waals surface area contributed by atoms with Gasteiger partial charge < -0.3 is 10.4 Å². The first kappa shape index (κ1) is 20.0. The third-order valence-corrected chi connectivity index (χ3v) is 5.65. The molecule has 1 fully saturated rings. The van der Waals surface area contributed by atoms with Crippen molar-refractivity contribution in [3.63, 3.8) is 0 Å². The van der Waals surface area contributed by atoms with E-state index in [0.29, 0.717) is 36.8 Å². The Hall–Kier alpha value is -3.33. The number of pyridine rings is 1. The van der Waals surface area contributed by atoms with E-state index in [4.69, 9.17) is 0 Å². The number of H-pyrrole nitrogens is 2. The number of nitrogens with one attached hydrogen (secondary N) is 3. The maximum absolute atomic E-state index is 13.5. The van der Waals surface area contributed by atoms with Gasteiger partial charge in [-0.05, 0) is 61.9 Å². The number of hydrogen-bond donors (Lipinski definition) is 4. The first-order chi connectivity index (χ1) is 14.2. The van der Waals surface area contributed by atoms with Crippen LogP contribution >= 0.6 is 0 Å². The number of nitrogens with zero attached hydrogens (tertiary/aromatic N) is 1. The predicted molar refractivity (Wildman–Crippen MR) is 108 cm³/mol. The second kappa shape index (κ2) is 7.49. The van der Waals surface area contributed by atoms with Crippen LogP contribution < -0.4 is 16.6 Å². The van der Waals surface area contributed by atoms with E-state index in [-0.39, 0.29) is 22.8 Å². The molecule has 2 heterocycles. The molecule has 1 aliphatic rings. The van der Waals surface area contributed by atoms with Crippen LogP contribution in [-0.4, -0.2) is 32.0 Å². The lowest BCUT2D eigenvalue weighted by molar-refractivity contribution is -0.00828. The summed E-state index contributed by atoms with van der Waals surface area (Å²) in [5, 5.41) is 14.0. The third kappa shape index (κ3) is 3.76. The molecule has 8 nitrogen and oxygen atoms in total. The largest absolute Gasteiger partial charge is 0.385 e. The molecule has 0 saturated heterocycles. The molecule has 1 aromatic carbocycles. The number of aromatic nitrogens is 3. The van der Waals surface area contributed by atoms with E-state index >= 15 is 0 Å². The van der Waals surface area contributed by atoms with Gasteiger partial charge in [-0.3, -0.25) is 19.6 Å². The SMILES string of the molecule is Cc1cc(C(=O)NC2CCC(O)(c3cccc(F)c3)CC2)nc2[nH]c(=O)[nH]c(=O)c12. The molecule has 4 N–H and O–H groups in total. The number of carbonyl (C=O) groups excluding carboxylic acids is 1. The monoisotopic (exact) mass is 412 g/mol. The highest BCUT2D eigenvalue weighted by molar-refractivity contribution is 5.95. The van der Waals surface area contributed by atoms with Crippen molar-refractivity contribution in [3.8, 4) is 0 Å². The van der Waals surface area contributed by atoms with E-state index < -0.39 is 28.6 Å². The number of amides is 1. The van der Waals surface area contributed by atoms with Crippen LogP contribution in [0.25, 0.3) is 11.0 Å². The quantitative estimate of drug-likeness (QED) is 0.520. The first-order valence-corrected chi connectivity index (χ1v) is 9.68. The van der Waals surface area contributed by atoms with Crippen LogP contribution in [0, 0.1) is 12.7 Å². The van der Waals surface area contributed by atoms with Gasteiger partial charge in [0, 0.05) is 6.04 Å². The number of aliphatic hydroxyl groups is 1. The van der Waals surface area contributed by atoms with E-state index in [9.17, 15) is 23.9 Å². The molecule has 1 saturated carbocycles. The van der Waals surface area contributed by atoms with Crippen LogP contribution in [-0.2, 0) is 5.60 Å². The summed E-state index contributed by atoms with van der Waals surface area (Å²) in [6.45, 7) is 1.66. The lowest BCUT2D eigenvalue weighted by Crippen LogP contribution is -2.42. The van der Waals surface area contributed by atoms with Crippen LogP contribution in [0.2, 0.25) is 0 Å². The molecule has 0 spiro atoms. The van der Waals surface area contributed by atoms with Gasteiger partial charge in [0.1, 0.15) is 17.2 Å². The number of aryl methyl sites for hydroxylation is 1. The molecule has 0 radical (unpaired) electrons. The number of aromatic amines is 2. The Labute approximate surface area is 170 Å². The minimum atomic E-state index is -1.12. The third-order valence-electron chi connectivity index (χ3n) is 5.65. The van der Waals surface area contributed by atoms with Gasteiger partial charge in [-0.1, -0.05) is 12.1 Å². The number of rotatable bonds is 3. The van der Waals surface area contributed by atoms with Gasteiger partial charge in [-0.2, -0.15) is 0 Å². The smallest absolute Gasteiger partial charge is 0.327 e. The normalized spacial score (nSPS) is 21.5. The highest BCUT2D eigenvalue weighted by Crippen LogP contribution is 2.37. The van der Waals surface area contributed by atoms with Gasteiger partial charge in [0.2, 0.25) is 0 Å². The summed E-state index contributed by atoms with van der Waals surface area (Å²) in [5.41, 5.74) is -1.18. The molecule has 0 atom stereocenters. The van der Waals surface area contributed by atoms with E-state index in [0.717, 1.165) is 0 Å². The van der Waals surface area contributed by atoms with Crippen LogP contribution in [0.1, 0.15) is 47.3 Å². The zero-order valence-electron chi connectivity index (χ0n) is 16.3. The molecular formula is C21H21FN4O4. The zero-order valence-corrected chi connectivity index (χ0v) is 16.3. The van der Waals surface area contributed by atoms with Gasteiger partial charge in [-0.25, -0.2) is 14.2 Å². The molecule has 4 rings (SSSR count). The Morgan fingerprint density at radius 1 is 1.23 bits per heavy atom. The van der Waals surface area contributed by atoms with Crippen molar-refractivity contribution >= 4 is 16.9 Å². The fraction of sp³-hybridized carbons (Fsp3) is 0.333. The summed E-state index contributed by atoms with van der Waals surface area (Å²) in [6, 6.07) is 7.26. The van der Waals surface area contributed by atoms with Gasteiger partial charge in [0.15, 0.2) is 0 Å². The van der Waals surface area contributed by atoms with E-state index in [1.54, 1.807) is 19.1 Å². The molecule has 2 aromatic heterocycles. The molecule has 1 aliphatic carbocycles. The average molecular weight is 412 g/mol. The molecule has 0 bridgehead atoms. The van der Waals surface area contributed by atoms with Crippen LogP contribution in [0.3, 0.4) is 0 Å². The second-order valence-corrected chi connectivity index (χ2v) is 7.75. The summed E-state index contributed by atoms with van der Waals surface area (Å²) in [5.74, 6) is -0.826. The van der Waals surface area contributed by atoms with Crippen molar-refractivity contribution in [3.05, 3.63) is 73.8 Å². The Bertz CT molecular complexity index is 1240. The van der Waals surface area contributed by atoms with Gasteiger partial charge >= 0.3 is 5.69 Å². The van der Waals surface area contributed by atoms with Crippen molar-refractivity contribution in [1.29, 1.82) is 0 Å². The second-order valence-electron chi connectivity index (χ2n) is 7.75. The lowest BCUT2D eigenvalue weighted by Gasteiger charge is -2.36. The van der Waals surface area contributed by atoms with Crippen LogP contribution in [0.4, 0.5) is 4.39 Å². The minimum absolute atomic E-state index is 0.0537. The van der Waals surface area contributed by atoms with Crippen LogP contribution in [0.5, 0.6) is 0 Å². The van der Waals surface area contributed by atoms with Crippen molar-refractivity contribution in [2.75, 3.05) is 0 Å². The molecular weight excluding hydrogens is 391 g/mol. The lowest BCUT2D eigenvalue weighted by atomic mass is 9.77. The van der Waals surface area contributed by atoms with Gasteiger partial charge in [0.25, 0.3) is 11.5 Å². The van der Waals surface area contributed by atoms with E-state index in [1.165, 1.54) is 18.2 Å². The zero-order chi connectivity index (χ0) is 21.5. The molecule has 156 valence electrons. The maximum Gasteiger partial charge on any atom is 0.327 e. The Morgan fingerprint density at radius 3 is 2.67 bits per heavy atom. The Balaban J connectivity index is 1.49. The summed E-state index contributed by atoms with van der Waals surface area (Å²) in [7, 11) is 0. The van der Waals surface area contributed by atoms with Crippen molar-refractivity contribution < 1.29 is 14.3 Å². The topological polar surface area (TPSA) is 128 Å². The van der Waals surface area contributed by atoms with Crippen LogP contribution in [0.15, 0.2) is 39.9 Å². The minimum Gasteiger partial charge on any atom is -0.385 e. The number of carbonyl (C=O) groups is 1. The summed E-state index contributed by atoms with van der Waals surface area (Å²) in [4.78, 5) is 44.9. The summed E-state index contributed by atoms with van der Waals surface area (Å²) in [6.07, 6.45) is 1.80. The molecule has 0 aliphatic heterocycles. The Morgan fingerprint density at radius 2 is 1.97 bits per heavy atom. The molecule has 0 unspecified atom stereocenters.